The van der Waals surface area contributed by atoms with Gasteiger partial charge in [-0.1, -0.05) is 23.9 Å². The molecule has 0 N–H and O–H groups in total. The molecule has 1 amide bonds. The number of carbonyl (C=O) groups is 1. The Bertz CT molecular complexity index is 649. The summed E-state index contributed by atoms with van der Waals surface area (Å²) in [4.78, 5) is 18.9. The normalized spacial score (nSPS) is 17.1. The number of benzene rings is 1. The first-order chi connectivity index (χ1) is 10.2. The molecule has 0 bridgehead atoms. The molecular weight excluding hydrogens is 286 g/mol. The van der Waals surface area contributed by atoms with E-state index in [0.717, 1.165) is 16.2 Å². The van der Waals surface area contributed by atoms with Crippen molar-refractivity contribution in [2.24, 2.45) is 7.05 Å². The number of para-hydroxylation sites is 2. The molecular formula is C15H19N3O2S. The first-order valence-electron chi connectivity index (χ1n) is 7.11. The number of aryl methyl sites for hydroxylation is 1. The van der Waals surface area contributed by atoms with Gasteiger partial charge in [0.05, 0.1) is 29.5 Å². The van der Waals surface area contributed by atoms with Crippen LogP contribution in [0.5, 0.6) is 0 Å². The summed E-state index contributed by atoms with van der Waals surface area (Å²) in [6, 6.07) is 8.02. The van der Waals surface area contributed by atoms with Crippen LogP contribution in [0.1, 0.15) is 6.92 Å². The minimum absolute atomic E-state index is 0.140. The van der Waals surface area contributed by atoms with E-state index in [-0.39, 0.29) is 11.2 Å². The van der Waals surface area contributed by atoms with Crippen LogP contribution < -0.4 is 0 Å². The highest BCUT2D eigenvalue weighted by atomic mass is 32.2. The Morgan fingerprint density at radius 3 is 2.76 bits per heavy atom. The van der Waals surface area contributed by atoms with Crippen LogP contribution in [0.2, 0.25) is 0 Å². The molecule has 21 heavy (non-hydrogen) atoms. The van der Waals surface area contributed by atoms with Crippen molar-refractivity contribution in [3.63, 3.8) is 0 Å². The number of ether oxygens (including phenoxy) is 1. The van der Waals surface area contributed by atoms with Gasteiger partial charge in [0.1, 0.15) is 0 Å². The van der Waals surface area contributed by atoms with Gasteiger partial charge in [-0.15, -0.1) is 0 Å². The Morgan fingerprint density at radius 2 is 2.05 bits per heavy atom. The lowest BCUT2D eigenvalue weighted by atomic mass is 10.3. The van der Waals surface area contributed by atoms with Crippen LogP contribution in [0, 0.1) is 0 Å². The van der Waals surface area contributed by atoms with Crippen LogP contribution in [0.25, 0.3) is 11.0 Å². The van der Waals surface area contributed by atoms with E-state index in [2.05, 4.69) is 4.98 Å². The zero-order chi connectivity index (χ0) is 14.8. The third-order valence-electron chi connectivity index (χ3n) is 3.70. The van der Waals surface area contributed by atoms with E-state index in [1.54, 1.807) is 0 Å². The number of imidazole rings is 1. The molecule has 1 saturated heterocycles. The van der Waals surface area contributed by atoms with Gasteiger partial charge < -0.3 is 14.2 Å². The molecule has 1 fully saturated rings. The summed E-state index contributed by atoms with van der Waals surface area (Å²) in [5, 5.41) is 0.740. The minimum Gasteiger partial charge on any atom is -0.378 e. The van der Waals surface area contributed by atoms with Crippen LogP contribution in [-0.2, 0) is 16.6 Å². The van der Waals surface area contributed by atoms with Crippen molar-refractivity contribution in [2.45, 2.75) is 17.3 Å². The summed E-state index contributed by atoms with van der Waals surface area (Å²) >= 11 is 1.52. The minimum atomic E-state index is -0.140. The Morgan fingerprint density at radius 1 is 1.33 bits per heavy atom. The second-order valence-electron chi connectivity index (χ2n) is 5.14. The average molecular weight is 305 g/mol. The SMILES string of the molecule is C[C@@H](Sc1nc2ccccc2n1C)C(=O)N1CCOCC1. The summed E-state index contributed by atoms with van der Waals surface area (Å²) in [7, 11) is 1.99. The molecule has 1 aliphatic rings. The van der Waals surface area contributed by atoms with E-state index in [1.165, 1.54) is 11.8 Å². The molecule has 3 rings (SSSR count). The quantitative estimate of drug-likeness (QED) is 0.813. The lowest BCUT2D eigenvalue weighted by molar-refractivity contribution is -0.134. The first-order valence-corrected chi connectivity index (χ1v) is 7.99. The maximum atomic E-state index is 12.4. The summed E-state index contributed by atoms with van der Waals surface area (Å²) in [6.45, 7) is 4.59. The highest BCUT2D eigenvalue weighted by Gasteiger charge is 2.24. The number of morpholine rings is 1. The molecule has 6 heteroatoms. The third-order valence-corrected chi connectivity index (χ3v) is 4.83. The molecule has 112 valence electrons. The number of hydrogen-bond acceptors (Lipinski definition) is 4. The lowest BCUT2D eigenvalue weighted by Gasteiger charge is -2.28. The van der Waals surface area contributed by atoms with Crippen LogP contribution in [-0.4, -0.2) is 51.9 Å². The van der Waals surface area contributed by atoms with Gasteiger partial charge in [-0.2, -0.15) is 0 Å². The predicted molar refractivity (Wildman–Crippen MR) is 83.4 cm³/mol. The highest BCUT2D eigenvalue weighted by molar-refractivity contribution is 8.00. The van der Waals surface area contributed by atoms with Gasteiger partial charge in [0.15, 0.2) is 5.16 Å². The Hall–Kier alpha value is -1.53. The highest BCUT2D eigenvalue weighted by Crippen LogP contribution is 2.27. The standard InChI is InChI=1S/C15H19N3O2S/c1-11(14(19)18-7-9-20-10-8-18)21-15-16-12-5-3-4-6-13(12)17(15)2/h3-6,11H,7-10H2,1-2H3/t11-/m1/s1. The van der Waals surface area contributed by atoms with E-state index in [1.807, 2.05) is 47.7 Å². The van der Waals surface area contributed by atoms with Gasteiger partial charge in [0.2, 0.25) is 5.91 Å². The lowest BCUT2D eigenvalue weighted by Crippen LogP contribution is -2.44. The fraction of sp³-hybridized carbons (Fsp3) is 0.467. The molecule has 1 aromatic heterocycles. The van der Waals surface area contributed by atoms with Crippen molar-refractivity contribution >= 4 is 28.7 Å². The smallest absolute Gasteiger partial charge is 0.236 e. The van der Waals surface area contributed by atoms with Crippen LogP contribution in [0.15, 0.2) is 29.4 Å². The Kier molecular flexibility index (Phi) is 4.17. The summed E-state index contributed by atoms with van der Waals surface area (Å²) in [6.07, 6.45) is 0. The molecule has 2 heterocycles. The molecule has 1 aromatic carbocycles. The van der Waals surface area contributed by atoms with Gasteiger partial charge >= 0.3 is 0 Å². The largest absolute Gasteiger partial charge is 0.378 e. The number of amides is 1. The zero-order valence-corrected chi connectivity index (χ0v) is 13.1. The zero-order valence-electron chi connectivity index (χ0n) is 12.3. The topological polar surface area (TPSA) is 47.4 Å². The molecule has 0 saturated carbocycles. The number of rotatable bonds is 3. The average Bonchev–Trinajstić information content (AvgIpc) is 2.84. The molecule has 0 radical (unpaired) electrons. The Balaban J connectivity index is 1.75. The molecule has 5 nitrogen and oxygen atoms in total. The first kappa shape index (κ1) is 14.4. The number of hydrogen-bond donors (Lipinski definition) is 0. The van der Waals surface area contributed by atoms with Crippen LogP contribution >= 0.6 is 11.8 Å². The van der Waals surface area contributed by atoms with Gasteiger partial charge in [-0.25, -0.2) is 4.98 Å². The van der Waals surface area contributed by atoms with Crippen LogP contribution in [0.4, 0.5) is 0 Å². The second kappa shape index (κ2) is 6.07. The maximum Gasteiger partial charge on any atom is 0.236 e. The number of thioether (sulfide) groups is 1. The van der Waals surface area contributed by atoms with Crippen molar-refractivity contribution in [1.29, 1.82) is 0 Å². The number of fused-ring (bicyclic) bond motifs is 1. The van der Waals surface area contributed by atoms with E-state index in [9.17, 15) is 4.79 Å². The van der Waals surface area contributed by atoms with Crippen molar-refractivity contribution in [3.8, 4) is 0 Å². The van der Waals surface area contributed by atoms with Gasteiger partial charge in [0.25, 0.3) is 0 Å². The fourth-order valence-electron chi connectivity index (χ4n) is 2.48. The van der Waals surface area contributed by atoms with Crippen molar-refractivity contribution in [2.75, 3.05) is 26.3 Å². The molecule has 1 aliphatic heterocycles. The van der Waals surface area contributed by atoms with Crippen molar-refractivity contribution < 1.29 is 9.53 Å². The second-order valence-corrected chi connectivity index (χ2v) is 6.45. The number of nitrogens with zero attached hydrogens (tertiary/aromatic N) is 3. The fourth-order valence-corrected chi connectivity index (χ4v) is 3.45. The maximum absolute atomic E-state index is 12.4. The molecule has 0 spiro atoms. The molecule has 0 aliphatic carbocycles. The summed E-state index contributed by atoms with van der Waals surface area (Å²) in [5.74, 6) is 0.162. The van der Waals surface area contributed by atoms with Crippen molar-refractivity contribution in [1.82, 2.24) is 14.5 Å². The van der Waals surface area contributed by atoms with Gasteiger partial charge in [-0.3, -0.25) is 4.79 Å². The summed E-state index contributed by atoms with van der Waals surface area (Å²) in [5.41, 5.74) is 2.06. The molecule has 1 atom stereocenters. The van der Waals surface area contributed by atoms with Gasteiger partial charge in [-0.05, 0) is 19.1 Å². The van der Waals surface area contributed by atoms with E-state index in [4.69, 9.17) is 4.74 Å². The summed E-state index contributed by atoms with van der Waals surface area (Å²) < 4.78 is 7.33. The molecule has 2 aromatic rings. The Labute approximate surface area is 128 Å². The van der Waals surface area contributed by atoms with Gasteiger partial charge in [0, 0.05) is 20.1 Å². The molecule has 0 unspecified atom stereocenters. The number of carbonyl (C=O) groups excluding carboxylic acids is 1. The number of aromatic nitrogens is 2. The van der Waals surface area contributed by atoms with Crippen molar-refractivity contribution in [3.05, 3.63) is 24.3 Å². The van der Waals surface area contributed by atoms with E-state index >= 15 is 0 Å². The predicted octanol–water partition coefficient (Wildman–Crippen LogP) is 1.91. The third kappa shape index (κ3) is 2.91. The van der Waals surface area contributed by atoms with Crippen LogP contribution in [0.3, 0.4) is 0 Å². The monoisotopic (exact) mass is 305 g/mol. The van der Waals surface area contributed by atoms with E-state index in [0.29, 0.717) is 26.3 Å². The van der Waals surface area contributed by atoms with E-state index < -0.39 is 0 Å².